The van der Waals surface area contributed by atoms with Crippen molar-refractivity contribution in [2.24, 2.45) is 0 Å². The summed E-state index contributed by atoms with van der Waals surface area (Å²) in [6, 6.07) is 11.7. The van der Waals surface area contributed by atoms with Crippen LogP contribution in [0.15, 0.2) is 51.9 Å². The van der Waals surface area contributed by atoms with E-state index in [4.69, 9.17) is 4.74 Å². The highest BCUT2D eigenvalue weighted by Gasteiger charge is 2.12. The second-order valence-electron chi connectivity index (χ2n) is 4.26. The van der Waals surface area contributed by atoms with Gasteiger partial charge in [-0.2, -0.15) is 0 Å². The Morgan fingerprint density at radius 2 is 1.95 bits per heavy atom. The molecule has 0 aliphatic carbocycles. The van der Waals surface area contributed by atoms with E-state index in [1.165, 1.54) is 0 Å². The number of nitrogens with zero attached hydrogens (tertiary/aromatic N) is 1. The molecule has 0 spiro atoms. The van der Waals surface area contributed by atoms with E-state index in [9.17, 15) is 4.79 Å². The highest BCUT2D eigenvalue weighted by Crippen LogP contribution is 2.26. The molecule has 1 atom stereocenters. The molecule has 0 N–H and O–H groups in total. The van der Waals surface area contributed by atoms with Crippen LogP contribution in [0.5, 0.6) is 5.75 Å². The molecule has 1 aromatic carbocycles. The van der Waals surface area contributed by atoms with Crippen LogP contribution < -0.4 is 10.3 Å². The lowest BCUT2D eigenvalue weighted by atomic mass is 10.1. The van der Waals surface area contributed by atoms with E-state index in [1.807, 2.05) is 50.2 Å². The molecule has 1 aromatic heterocycles. The lowest BCUT2D eigenvalue weighted by molar-refractivity contribution is 0.224. The number of ether oxygens (including phenoxy) is 1. The van der Waals surface area contributed by atoms with Gasteiger partial charge in [0.1, 0.15) is 16.3 Å². The van der Waals surface area contributed by atoms with Crippen LogP contribution in [-0.4, -0.2) is 4.57 Å². The quantitative estimate of drug-likeness (QED) is 0.858. The summed E-state index contributed by atoms with van der Waals surface area (Å²) in [7, 11) is 0. The van der Waals surface area contributed by atoms with Crippen LogP contribution in [-0.2, 0) is 6.54 Å². The predicted molar refractivity (Wildman–Crippen MR) is 79.6 cm³/mol. The standard InChI is InChI=1S/C15H16BrNO2/c1-3-17-10-9-13(14(16)15(17)18)19-11(2)12-7-5-4-6-8-12/h4-11H,3H2,1-2H3. The summed E-state index contributed by atoms with van der Waals surface area (Å²) in [5, 5.41) is 0. The SMILES string of the molecule is CCn1ccc(OC(C)c2ccccc2)c(Br)c1=O. The third kappa shape index (κ3) is 3.07. The molecule has 0 aliphatic rings. The van der Waals surface area contributed by atoms with Gasteiger partial charge in [-0.15, -0.1) is 0 Å². The van der Waals surface area contributed by atoms with Crippen LogP contribution in [0, 0.1) is 0 Å². The number of benzene rings is 1. The minimum Gasteiger partial charge on any atom is -0.485 e. The van der Waals surface area contributed by atoms with E-state index in [2.05, 4.69) is 15.9 Å². The average Bonchev–Trinajstić information content (AvgIpc) is 2.45. The molecule has 0 fully saturated rings. The zero-order valence-electron chi connectivity index (χ0n) is 11.0. The normalized spacial score (nSPS) is 12.2. The van der Waals surface area contributed by atoms with Crippen molar-refractivity contribution in [2.75, 3.05) is 0 Å². The molecule has 2 aromatic rings. The third-order valence-electron chi connectivity index (χ3n) is 2.98. The van der Waals surface area contributed by atoms with Crippen molar-refractivity contribution < 1.29 is 4.74 Å². The summed E-state index contributed by atoms with van der Waals surface area (Å²) >= 11 is 3.31. The number of halogens is 1. The molecule has 1 unspecified atom stereocenters. The minimum atomic E-state index is -0.102. The van der Waals surface area contributed by atoms with Crippen molar-refractivity contribution in [3.05, 3.63) is 63.0 Å². The Kier molecular flexibility index (Phi) is 4.43. The van der Waals surface area contributed by atoms with Gasteiger partial charge in [-0.25, -0.2) is 0 Å². The molecule has 4 heteroatoms. The fourth-order valence-electron chi connectivity index (χ4n) is 1.85. The first-order valence-electron chi connectivity index (χ1n) is 6.24. The molecule has 2 rings (SSSR count). The maximum Gasteiger partial charge on any atom is 0.268 e. The zero-order chi connectivity index (χ0) is 13.8. The molecular formula is C15H16BrNO2. The maximum absolute atomic E-state index is 12.0. The van der Waals surface area contributed by atoms with Crippen molar-refractivity contribution >= 4 is 15.9 Å². The molecule has 100 valence electrons. The molecule has 0 radical (unpaired) electrons. The largest absolute Gasteiger partial charge is 0.485 e. The summed E-state index contributed by atoms with van der Waals surface area (Å²) in [6.07, 6.45) is 1.65. The summed E-state index contributed by atoms with van der Waals surface area (Å²) in [6.45, 7) is 4.54. The minimum absolute atomic E-state index is 0.0692. The van der Waals surface area contributed by atoms with E-state index in [0.29, 0.717) is 16.8 Å². The van der Waals surface area contributed by atoms with Crippen molar-refractivity contribution in [3.63, 3.8) is 0 Å². The second-order valence-corrected chi connectivity index (χ2v) is 5.05. The van der Waals surface area contributed by atoms with Gasteiger partial charge in [0.2, 0.25) is 0 Å². The van der Waals surface area contributed by atoms with Gasteiger partial charge in [0.15, 0.2) is 0 Å². The molecule has 0 amide bonds. The predicted octanol–water partition coefficient (Wildman–Crippen LogP) is 3.77. The van der Waals surface area contributed by atoms with Crippen LogP contribution in [0.2, 0.25) is 0 Å². The highest BCUT2D eigenvalue weighted by molar-refractivity contribution is 9.10. The number of pyridine rings is 1. The van der Waals surface area contributed by atoms with E-state index in [1.54, 1.807) is 10.8 Å². The summed E-state index contributed by atoms with van der Waals surface area (Å²) in [5.41, 5.74) is 1.01. The Hall–Kier alpha value is -1.55. The average molecular weight is 322 g/mol. The van der Waals surface area contributed by atoms with E-state index in [0.717, 1.165) is 5.56 Å². The summed E-state index contributed by atoms with van der Waals surface area (Å²) in [5.74, 6) is 0.575. The molecule has 0 aliphatic heterocycles. The van der Waals surface area contributed by atoms with Crippen LogP contribution in [0.1, 0.15) is 25.5 Å². The third-order valence-corrected chi connectivity index (χ3v) is 3.71. The van der Waals surface area contributed by atoms with Crippen LogP contribution in [0.4, 0.5) is 0 Å². The molecule has 0 saturated heterocycles. The fraction of sp³-hybridized carbons (Fsp3) is 0.267. The van der Waals surface area contributed by atoms with Crippen molar-refractivity contribution in [3.8, 4) is 5.75 Å². The molecule has 0 bridgehead atoms. The molecule has 19 heavy (non-hydrogen) atoms. The van der Waals surface area contributed by atoms with Gasteiger partial charge in [0, 0.05) is 12.7 Å². The zero-order valence-corrected chi connectivity index (χ0v) is 12.6. The second kappa shape index (κ2) is 6.06. The first-order valence-corrected chi connectivity index (χ1v) is 7.03. The first-order chi connectivity index (χ1) is 9.13. The van der Waals surface area contributed by atoms with Crippen LogP contribution in [0.3, 0.4) is 0 Å². The molecule has 1 heterocycles. The number of aryl methyl sites for hydroxylation is 1. The van der Waals surface area contributed by atoms with Gasteiger partial charge in [-0.05, 0) is 41.4 Å². The van der Waals surface area contributed by atoms with Gasteiger partial charge in [0.05, 0.1) is 0 Å². The number of rotatable bonds is 4. The van der Waals surface area contributed by atoms with Gasteiger partial charge >= 0.3 is 0 Å². The highest BCUT2D eigenvalue weighted by atomic mass is 79.9. The molecule has 3 nitrogen and oxygen atoms in total. The number of hydrogen-bond acceptors (Lipinski definition) is 2. The van der Waals surface area contributed by atoms with Gasteiger partial charge in [-0.1, -0.05) is 30.3 Å². The lowest BCUT2D eigenvalue weighted by Crippen LogP contribution is -2.20. The maximum atomic E-state index is 12.0. The smallest absolute Gasteiger partial charge is 0.268 e. The monoisotopic (exact) mass is 321 g/mol. The Morgan fingerprint density at radius 1 is 1.26 bits per heavy atom. The van der Waals surface area contributed by atoms with Crippen molar-refractivity contribution in [1.82, 2.24) is 4.57 Å². The van der Waals surface area contributed by atoms with E-state index < -0.39 is 0 Å². The Balaban J connectivity index is 2.25. The number of hydrogen-bond donors (Lipinski definition) is 0. The Morgan fingerprint density at radius 3 is 2.58 bits per heavy atom. The van der Waals surface area contributed by atoms with Gasteiger partial charge < -0.3 is 9.30 Å². The van der Waals surface area contributed by atoms with Crippen molar-refractivity contribution in [2.45, 2.75) is 26.5 Å². The molecule has 0 saturated carbocycles. The van der Waals surface area contributed by atoms with Gasteiger partial charge in [0.25, 0.3) is 5.56 Å². The first kappa shape index (κ1) is 13.9. The number of aromatic nitrogens is 1. The topological polar surface area (TPSA) is 31.2 Å². The Bertz CT molecular complexity index is 607. The summed E-state index contributed by atoms with van der Waals surface area (Å²) < 4.78 is 7.95. The molecular weight excluding hydrogens is 306 g/mol. The summed E-state index contributed by atoms with van der Waals surface area (Å²) in [4.78, 5) is 12.0. The fourth-order valence-corrected chi connectivity index (χ4v) is 2.31. The van der Waals surface area contributed by atoms with Crippen molar-refractivity contribution in [1.29, 1.82) is 0 Å². The Labute approximate surface area is 121 Å². The lowest BCUT2D eigenvalue weighted by Gasteiger charge is -2.16. The van der Waals surface area contributed by atoms with E-state index in [-0.39, 0.29) is 11.7 Å². The van der Waals surface area contributed by atoms with Gasteiger partial charge in [-0.3, -0.25) is 4.79 Å². The van der Waals surface area contributed by atoms with E-state index >= 15 is 0 Å². The van der Waals surface area contributed by atoms with Crippen LogP contribution >= 0.6 is 15.9 Å². The van der Waals surface area contributed by atoms with Crippen LogP contribution in [0.25, 0.3) is 0 Å².